The number of amides is 1. The lowest BCUT2D eigenvalue weighted by atomic mass is 9.95. The molecule has 1 aromatic carbocycles. The molecule has 2 heterocycles. The molecule has 122 valence electrons. The van der Waals surface area contributed by atoms with Crippen molar-refractivity contribution in [1.29, 1.82) is 0 Å². The van der Waals surface area contributed by atoms with Gasteiger partial charge in [0.2, 0.25) is 0 Å². The zero-order valence-corrected chi connectivity index (χ0v) is 13.5. The zero-order valence-electron chi connectivity index (χ0n) is 13.5. The molecule has 1 aromatic heterocycles. The summed E-state index contributed by atoms with van der Waals surface area (Å²) in [6, 6.07) is 7.44. The fourth-order valence-corrected chi connectivity index (χ4v) is 3.15. The summed E-state index contributed by atoms with van der Waals surface area (Å²) in [5.41, 5.74) is 1.52. The fraction of sp³-hybridized carbons (Fsp3) is 0.471. The lowest BCUT2D eigenvalue weighted by Gasteiger charge is -2.29. The first-order valence-electron chi connectivity index (χ1n) is 8.15. The van der Waals surface area contributed by atoms with E-state index in [9.17, 15) is 4.79 Å². The Morgan fingerprint density at radius 1 is 1.48 bits per heavy atom. The molecule has 0 unspecified atom stereocenters. The van der Waals surface area contributed by atoms with E-state index >= 15 is 0 Å². The number of aromatic nitrogens is 3. The Morgan fingerprint density at radius 2 is 2.39 bits per heavy atom. The molecule has 6 heteroatoms. The van der Waals surface area contributed by atoms with Gasteiger partial charge in [-0.2, -0.15) is 5.10 Å². The van der Waals surface area contributed by atoms with Crippen LogP contribution < -0.4 is 5.32 Å². The summed E-state index contributed by atoms with van der Waals surface area (Å²) in [7, 11) is 2.17. The van der Waals surface area contributed by atoms with Crippen molar-refractivity contribution >= 4 is 5.91 Å². The van der Waals surface area contributed by atoms with Crippen LogP contribution in [0.3, 0.4) is 0 Å². The van der Waals surface area contributed by atoms with Crippen LogP contribution in [0, 0.1) is 5.92 Å². The Hall–Kier alpha value is -2.21. The fourth-order valence-electron chi connectivity index (χ4n) is 3.15. The number of hydrogen-bond acceptors (Lipinski definition) is 4. The summed E-state index contributed by atoms with van der Waals surface area (Å²) in [5, 5.41) is 9.68. The van der Waals surface area contributed by atoms with E-state index in [2.05, 4.69) is 32.4 Å². The average molecular weight is 313 g/mol. The third-order valence-corrected chi connectivity index (χ3v) is 4.37. The predicted octanol–water partition coefficient (Wildman–Crippen LogP) is 1.93. The Labute approximate surface area is 136 Å². The first-order valence-corrected chi connectivity index (χ1v) is 8.15. The van der Waals surface area contributed by atoms with Gasteiger partial charge in [-0.25, -0.2) is 4.98 Å². The minimum atomic E-state index is -0.0319. The minimum absolute atomic E-state index is 0.0319. The van der Waals surface area contributed by atoms with Gasteiger partial charge in [-0.3, -0.25) is 9.89 Å². The molecule has 1 atom stereocenters. The van der Waals surface area contributed by atoms with Crippen molar-refractivity contribution in [3.8, 4) is 11.4 Å². The molecule has 0 saturated carbocycles. The van der Waals surface area contributed by atoms with E-state index in [0.717, 1.165) is 25.1 Å². The number of carbonyl (C=O) groups excluding carboxylic acids is 1. The van der Waals surface area contributed by atoms with Crippen molar-refractivity contribution in [2.24, 2.45) is 5.92 Å². The number of carbonyl (C=O) groups is 1. The third kappa shape index (κ3) is 4.16. The predicted molar refractivity (Wildman–Crippen MR) is 89.0 cm³/mol. The second-order valence-corrected chi connectivity index (χ2v) is 6.23. The monoisotopic (exact) mass is 313 g/mol. The van der Waals surface area contributed by atoms with Gasteiger partial charge in [0, 0.05) is 24.2 Å². The molecule has 1 saturated heterocycles. The van der Waals surface area contributed by atoms with Crippen molar-refractivity contribution in [3.63, 3.8) is 0 Å². The molecule has 1 aliphatic rings. The van der Waals surface area contributed by atoms with Gasteiger partial charge in [0.15, 0.2) is 5.82 Å². The van der Waals surface area contributed by atoms with Gasteiger partial charge >= 0.3 is 0 Å². The average Bonchev–Trinajstić information content (AvgIpc) is 3.09. The number of H-pyrrole nitrogens is 1. The molecule has 1 amide bonds. The summed E-state index contributed by atoms with van der Waals surface area (Å²) in [5.74, 6) is 1.33. The molecule has 3 rings (SSSR count). The molecule has 0 radical (unpaired) electrons. The number of piperidine rings is 1. The Morgan fingerprint density at radius 3 is 3.17 bits per heavy atom. The number of nitrogens with zero attached hydrogens (tertiary/aromatic N) is 3. The smallest absolute Gasteiger partial charge is 0.251 e. The van der Waals surface area contributed by atoms with Crippen LogP contribution in [-0.2, 0) is 0 Å². The molecule has 0 spiro atoms. The molecule has 0 bridgehead atoms. The Bertz CT molecular complexity index is 640. The number of aromatic amines is 1. The highest BCUT2D eigenvalue weighted by molar-refractivity contribution is 5.95. The summed E-state index contributed by atoms with van der Waals surface area (Å²) in [6.07, 6.45) is 5.02. The zero-order chi connectivity index (χ0) is 16.1. The maximum absolute atomic E-state index is 12.3. The summed E-state index contributed by atoms with van der Waals surface area (Å²) in [4.78, 5) is 18.8. The number of nitrogens with one attached hydrogen (secondary N) is 2. The van der Waals surface area contributed by atoms with Gasteiger partial charge in [0.05, 0.1) is 0 Å². The van der Waals surface area contributed by atoms with Crippen LogP contribution in [0.2, 0.25) is 0 Å². The standard InChI is InChI=1S/C17H23N5O/c1-22-9-3-4-13(11-22)7-8-18-17(23)15-6-2-5-14(10-15)16-19-12-20-21-16/h2,5-6,10,12-13H,3-4,7-9,11H2,1H3,(H,18,23)(H,19,20,21)/t13-/m0/s1. The highest BCUT2D eigenvalue weighted by Gasteiger charge is 2.17. The molecule has 1 fully saturated rings. The van der Waals surface area contributed by atoms with Gasteiger partial charge in [0.25, 0.3) is 5.91 Å². The van der Waals surface area contributed by atoms with E-state index in [4.69, 9.17) is 0 Å². The number of benzene rings is 1. The van der Waals surface area contributed by atoms with E-state index < -0.39 is 0 Å². The van der Waals surface area contributed by atoms with E-state index in [0.29, 0.717) is 17.3 Å². The van der Waals surface area contributed by atoms with E-state index in [1.807, 2.05) is 24.3 Å². The number of likely N-dealkylation sites (tertiary alicyclic amines) is 1. The molecule has 2 N–H and O–H groups in total. The molecule has 23 heavy (non-hydrogen) atoms. The van der Waals surface area contributed by atoms with Crippen molar-refractivity contribution < 1.29 is 4.79 Å². The quantitative estimate of drug-likeness (QED) is 0.884. The molecular weight excluding hydrogens is 290 g/mol. The van der Waals surface area contributed by atoms with Crippen molar-refractivity contribution in [1.82, 2.24) is 25.4 Å². The number of rotatable bonds is 5. The van der Waals surface area contributed by atoms with Crippen LogP contribution in [0.4, 0.5) is 0 Å². The first-order chi connectivity index (χ1) is 11.2. The maximum atomic E-state index is 12.3. The molecule has 6 nitrogen and oxygen atoms in total. The first kappa shape index (κ1) is 15.7. The maximum Gasteiger partial charge on any atom is 0.251 e. The van der Waals surface area contributed by atoms with Crippen molar-refractivity contribution in [2.45, 2.75) is 19.3 Å². The lowest BCUT2D eigenvalue weighted by Crippen LogP contribution is -2.34. The lowest BCUT2D eigenvalue weighted by molar-refractivity contribution is 0.0948. The van der Waals surface area contributed by atoms with Crippen LogP contribution in [0.1, 0.15) is 29.6 Å². The topological polar surface area (TPSA) is 73.9 Å². The summed E-state index contributed by atoms with van der Waals surface area (Å²) in [6.45, 7) is 3.05. The SMILES string of the molecule is CN1CCC[C@@H](CCNC(=O)c2cccc(-c3ncn[nH]3)c2)C1. The van der Waals surface area contributed by atoms with Crippen LogP contribution >= 0.6 is 0 Å². The number of hydrogen-bond donors (Lipinski definition) is 2. The van der Waals surface area contributed by atoms with Crippen molar-refractivity contribution in [3.05, 3.63) is 36.2 Å². The third-order valence-electron chi connectivity index (χ3n) is 4.37. The van der Waals surface area contributed by atoms with Crippen LogP contribution in [-0.4, -0.2) is 52.7 Å². The minimum Gasteiger partial charge on any atom is -0.352 e. The molecular formula is C17H23N5O. The Balaban J connectivity index is 1.53. The summed E-state index contributed by atoms with van der Waals surface area (Å²) < 4.78 is 0. The van der Waals surface area contributed by atoms with Crippen LogP contribution in [0.15, 0.2) is 30.6 Å². The second kappa shape index (κ2) is 7.37. The van der Waals surface area contributed by atoms with E-state index in [-0.39, 0.29) is 5.91 Å². The van der Waals surface area contributed by atoms with Gasteiger partial charge in [-0.15, -0.1) is 0 Å². The second-order valence-electron chi connectivity index (χ2n) is 6.23. The highest BCUT2D eigenvalue weighted by atomic mass is 16.1. The van der Waals surface area contributed by atoms with E-state index in [1.54, 1.807) is 0 Å². The normalized spacial score (nSPS) is 18.7. The summed E-state index contributed by atoms with van der Waals surface area (Å²) >= 11 is 0. The van der Waals surface area contributed by atoms with Crippen LogP contribution in [0.5, 0.6) is 0 Å². The van der Waals surface area contributed by atoms with Crippen LogP contribution in [0.25, 0.3) is 11.4 Å². The molecule has 2 aromatic rings. The highest BCUT2D eigenvalue weighted by Crippen LogP contribution is 2.18. The van der Waals surface area contributed by atoms with Gasteiger partial charge in [-0.1, -0.05) is 12.1 Å². The Kier molecular flexibility index (Phi) is 5.02. The van der Waals surface area contributed by atoms with Gasteiger partial charge in [0.1, 0.15) is 6.33 Å². The van der Waals surface area contributed by atoms with Crippen molar-refractivity contribution in [2.75, 3.05) is 26.7 Å². The molecule has 1 aliphatic heterocycles. The molecule has 0 aliphatic carbocycles. The van der Waals surface area contributed by atoms with Gasteiger partial charge < -0.3 is 10.2 Å². The van der Waals surface area contributed by atoms with E-state index in [1.165, 1.54) is 25.7 Å². The largest absolute Gasteiger partial charge is 0.352 e. The van der Waals surface area contributed by atoms with Gasteiger partial charge in [-0.05, 0) is 50.9 Å².